The van der Waals surface area contributed by atoms with Gasteiger partial charge in [0.25, 0.3) is 0 Å². The van der Waals surface area contributed by atoms with Crippen LogP contribution in [-0.2, 0) is 0 Å². The van der Waals surface area contributed by atoms with Crippen LogP contribution in [0, 0.1) is 0 Å². The van der Waals surface area contributed by atoms with Gasteiger partial charge in [0.15, 0.2) is 11.6 Å². The average molecular weight is 1000 g/mol. The molecule has 0 radical (unpaired) electrons. The van der Waals surface area contributed by atoms with Gasteiger partial charge in [0.1, 0.15) is 0 Å². The minimum atomic E-state index is -0.104. The zero-order valence-corrected chi connectivity index (χ0v) is 37.5. The van der Waals surface area contributed by atoms with E-state index < -0.39 is 0 Å². The van der Waals surface area contributed by atoms with Crippen molar-refractivity contribution in [3.8, 4) is 0 Å². The summed E-state index contributed by atoms with van der Waals surface area (Å²) in [7, 11) is 0. The van der Waals surface area contributed by atoms with Crippen LogP contribution in [0.4, 0.5) is 0 Å². The smallest absolute Gasteiger partial charge is 0.196 e. The Morgan fingerprint density at radius 1 is 0.407 bits per heavy atom. The van der Waals surface area contributed by atoms with Gasteiger partial charge in [0.2, 0.25) is 0 Å². The molecule has 0 saturated carbocycles. The summed E-state index contributed by atoms with van der Waals surface area (Å²) in [4.78, 5) is 37.8. The molecule has 0 bridgehead atoms. The Bertz CT molecular complexity index is 2100. The van der Waals surface area contributed by atoms with Gasteiger partial charge in [-0.25, -0.2) is 0 Å². The first-order valence-corrected chi connectivity index (χ1v) is 23.8. The molecule has 54 heavy (non-hydrogen) atoms. The van der Waals surface area contributed by atoms with Crippen molar-refractivity contribution in [1.82, 2.24) is 0 Å². The summed E-state index contributed by atoms with van der Waals surface area (Å²) in [5, 5.41) is 0. The lowest BCUT2D eigenvalue weighted by Gasteiger charge is -2.26. The number of hydrogen-bond donors (Lipinski definition) is 0. The van der Waals surface area contributed by atoms with E-state index in [4.69, 9.17) is 0 Å². The molecule has 6 aromatic carbocycles. The number of alkyl halides is 2. The van der Waals surface area contributed by atoms with E-state index in [2.05, 4.69) is 108 Å². The maximum absolute atomic E-state index is 15.3. The first-order chi connectivity index (χ1) is 26.3. The molecule has 0 spiro atoms. The number of benzene rings is 6. The molecule has 0 fully saturated rings. The number of carbonyl (C=O) groups excluding carboxylic acids is 2. The lowest BCUT2D eigenvalue weighted by molar-refractivity contribution is 0.0970. The van der Waals surface area contributed by atoms with Crippen molar-refractivity contribution in [2.24, 2.45) is 0 Å². The second kappa shape index (κ2) is 18.6. The SMILES string of the molecule is CCCC(I)c1ccc(Sc2ccc(Sc3ccc(C(I)CCC)cc3)c3c2C(=O)c2c(Sc4ccccc4)ccc(Sc4ccccc4)c2C3=O)cc1. The highest BCUT2D eigenvalue weighted by molar-refractivity contribution is 14.1. The Balaban J connectivity index is 1.36. The molecule has 2 atom stereocenters. The summed E-state index contributed by atoms with van der Waals surface area (Å²) >= 11 is 11.2. The fraction of sp³-hybridized carbons (Fsp3) is 0.174. The van der Waals surface area contributed by atoms with Gasteiger partial charge in [-0.15, -0.1) is 0 Å². The molecule has 2 unspecified atom stereocenters. The number of hydrogen-bond acceptors (Lipinski definition) is 6. The van der Waals surface area contributed by atoms with Crippen molar-refractivity contribution in [2.45, 2.75) is 86.5 Å². The van der Waals surface area contributed by atoms with Crippen LogP contribution < -0.4 is 0 Å². The predicted molar refractivity (Wildman–Crippen MR) is 245 cm³/mol. The van der Waals surface area contributed by atoms with E-state index in [9.17, 15) is 0 Å². The summed E-state index contributed by atoms with van der Waals surface area (Å²) in [5.41, 5.74) is 4.57. The van der Waals surface area contributed by atoms with Gasteiger partial charge in [-0.05, 0) is 96.8 Å². The van der Waals surface area contributed by atoms with Crippen LogP contribution >= 0.6 is 92.2 Å². The monoisotopic (exact) mass is 1000 g/mol. The second-order valence-corrected chi connectivity index (χ2v) is 20.4. The van der Waals surface area contributed by atoms with Gasteiger partial charge < -0.3 is 0 Å². The molecule has 1 aliphatic rings. The topological polar surface area (TPSA) is 34.1 Å². The maximum Gasteiger partial charge on any atom is 0.196 e. The number of halogens is 2. The van der Waals surface area contributed by atoms with Crippen LogP contribution in [0.5, 0.6) is 0 Å². The quantitative estimate of drug-likeness (QED) is 0.0798. The third kappa shape index (κ3) is 9.05. The van der Waals surface area contributed by atoms with Crippen LogP contribution in [-0.4, -0.2) is 11.6 Å². The molecule has 6 aromatic rings. The standard InChI is InChI=1S/C46H38I2O2S4/c1-3-11-35(47)29-17-21-33(22-18-29)53-39-27-28-40(54-34-23-19-30(20-24-34)36(48)12-4-2)44-43(39)45(49)41-37(51-31-13-7-5-8-14-31)25-26-38(42(41)46(44)50)52-32-15-9-6-10-16-32/h5-10,13-28,35-36H,3-4,11-12H2,1-2H3. The van der Waals surface area contributed by atoms with Crippen molar-refractivity contribution in [1.29, 1.82) is 0 Å². The first kappa shape index (κ1) is 39.7. The Morgan fingerprint density at radius 2 is 0.685 bits per heavy atom. The van der Waals surface area contributed by atoms with E-state index >= 15 is 9.59 Å². The number of fused-ring (bicyclic) bond motifs is 2. The molecule has 272 valence electrons. The molecular formula is C46H38I2O2S4. The number of ketones is 2. The third-order valence-corrected chi connectivity index (χ3v) is 16.1. The van der Waals surface area contributed by atoms with Gasteiger partial charge in [-0.2, -0.15) is 0 Å². The third-order valence-electron chi connectivity index (χ3n) is 9.13. The van der Waals surface area contributed by atoms with Gasteiger partial charge >= 0.3 is 0 Å². The van der Waals surface area contributed by atoms with Crippen molar-refractivity contribution in [3.63, 3.8) is 0 Å². The van der Waals surface area contributed by atoms with E-state index in [1.165, 1.54) is 34.7 Å². The molecular weight excluding hydrogens is 967 g/mol. The highest BCUT2D eigenvalue weighted by Gasteiger charge is 2.38. The fourth-order valence-electron chi connectivity index (χ4n) is 6.44. The highest BCUT2D eigenvalue weighted by Crippen LogP contribution is 2.48. The normalized spacial score (nSPS) is 13.3. The van der Waals surface area contributed by atoms with Crippen LogP contribution in [0.15, 0.2) is 173 Å². The fourth-order valence-corrected chi connectivity index (χ4v) is 12.4. The molecule has 0 heterocycles. The van der Waals surface area contributed by atoms with E-state index in [-0.39, 0.29) is 11.6 Å². The summed E-state index contributed by atoms with van der Waals surface area (Å²) in [6.07, 6.45) is 4.53. The number of carbonyl (C=O) groups is 2. The molecule has 0 aliphatic heterocycles. The lowest BCUT2D eigenvalue weighted by atomic mass is 9.84. The van der Waals surface area contributed by atoms with Crippen LogP contribution in [0.1, 0.15) is 90.3 Å². The van der Waals surface area contributed by atoms with Crippen LogP contribution in [0.25, 0.3) is 0 Å². The van der Waals surface area contributed by atoms with Gasteiger partial charge in [0, 0.05) is 69.3 Å². The molecule has 7 rings (SSSR count). The van der Waals surface area contributed by atoms with Crippen molar-refractivity contribution < 1.29 is 9.59 Å². The predicted octanol–water partition coefficient (Wildman–Crippen LogP) is 15.6. The zero-order chi connectivity index (χ0) is 37.6. The van der Waals surface area contributed by atoms with Crippen LogP contribution in [0.3, 0.4) is 0 Å². The molecule has 1 aliphatic carbocycles. The van der Waals surface area contributed by atoms with Crippen molar-refractivity contribution >= 4 is 104 Å². The van der Waals surface area contributed by atoms with E-state index in [0.717, 1.165) is 64.8 Å². The average Bonchev–Trinajstić information content (AvgIpc) is 3.19. The Morgan fingerprint density at radius 3 is 0.963 bits per heavy atom. The van der Waals surface area contributed by atoms with E-state index in [1.807, 2.05) is 84.9 Å². The Hall–Kier alpha value is -2.48. The van der Waals surface area contributed by atoms with E-state index in [0.29, 0.717) is 30.1 Å². The van der Waals surface area contributed by atoms with E-state index in [1.54, 1.807) is 23.5 Å². The lowest BCUT2D eigenvalue weighted by Crippen LogP contribution is -2.24. The molecule has 8 heteroatoms. The molecule has 0 amide bonds. The molecule has 0 saturated heterocycles. The van der Waals surface area contributed by atoms with Crippen LogP contribution in [0.2, 0.25) is 0 Å². The second-order valence-electron chi connectivity index (χ2n) is 13.0. The largest absolute Gasteiger partial charge is 0.288 e. The molecule has 2 nitrogen and oxygen atoms in total. The summed E-state index contributed by atoms with van der Waals surface area (Å²) < 4.78 is 0.914. The van der Waals surface area contributed by atoms with Gasteiger partial charge in [0.05, 0.1) is 0 Å². The van der Waals surface area contributed by atoms with Gasteiger partial charge in [-0.3, -0.25) is 9.59 Å². The maximum atomic E-state index is 15.3. The van der Waals surface area contributed by atoms with Crippen molar-refractivity contribution in [2.75, 3.05) is 0 Å². The zero-order valence-electron chi connectivity index (χ0n) is 29.9. The molecule has 0 N–H and O–H groups in total. The highest BCUT2D eigenvalue weighted by atomic mass is 127. The summed E-state index contributed by atoms with van der Waals surface area (Å²) in [6, 6.07) is 45.6. The minimum absolute atomic E-state index is 0.104. The minimum Gasteiger partial charge on any atom is -0.288 e. The molecule has 0 aromatic heterocycles. The summed E-state index contributed by atoms with van der Waals surface area (Å²) in [5.74, 6) is -0.207. The Labute approximate surface area is 363 Å². The Kier molecular flexibility index (Phi) is 13.7. The first-order valence-electron chi connectivity index (χ1n) is 18.1. The van der Waals surface area contributed by atoms with Crippen molar-refractivity contribution in [3.05, 3.63) is 167 Å². The number of rotatable bonds is 14. The van der Waals surface area contributed by atoms with Gasteiger partial charge in [-0.1, -0.05) is 180 Å². The summed E-state index contributed by atoms with van der Waals surface area (Å²) in [6.45, 7) is 4.43.